The third kappa shape index (κ3) is 3.75. The normalized spacial score (nSPS) is 14.4. The Morgan fingerprint density at radius 1 is 1.17 bits per heavy atom. The van der Waals surface area contributed by atoms with Gasteiger partial charge in [-0.1, -0.05) is 17.7 Å². The van der Waals surface area contributed by atoms with Crippen LogP contribution in [0.25, 0.3) is 11.0 Å². The lowest BCUT2D eigenvalue weighted by Gasteiger charge is -2.29. The SMILES string of the molecule is Cc1ccc(NC(=O)Cn2c(N3CCOCC3)nc3cc(C)n(C)c3c2=O)cc1. The van der Waals surface area contributed by atoms with E-state index in [1.165, 1.54) is 4.57 Å². The number of hydrogen-bond donors (Lipinski definition) is 1. The van der Waals surface area contributed by atoms with Crippen LogP contribution in [0.4, 0.5) is 11.6 Å². The number of rotatable bonds is 4. The van der Waals surface area contributed by atoms with Gasteiger partial charge in [-0.3, -0.25) is 14.2 Å². The Labute approximate surface area is 168 Å². The largest absolute Gasteiger partial charge is 0.378 e. The first-order chi connectivity index (χ1) is 13.9. The Balaban J connectivity index is 1.73. The Kier molecular flexibility index (Phi) is 5.10. The number of amides is 1. The summed E-state index contributed by atoms with van der Waals surface area (Å²) in [5, 5.41) is 2.87. The van der Waals surface area contributed by atoms with Gasteiger partial charge in [-0.15, -0.1) is 0 Å². The van der Waals surface area contributed by atoms with Crippen molar-refractivity contribution in [2.45, 2.75) is 20.4 Å². The number of nitrogens with zero attached hydrogens (tertiary/aromatic N) is 4. The molecule has 8 nitrogen and oxygen atoms in total. The smallest absolute Gasteiger partial charge is 0.279 e. The molecule has 1 fully saturated rings. The van der Waals surface area contributed by atoms with Crippen molar-refractivity contribution in [1.29, 1.82) is 0 Å². The van der Waals surface area contributed by atoms with Crippen molar-refractivity contribution >= 4 is 28.6 Å². The fourth-order valence-corrected chi connectivity index (χ4v) is 3.56. The number of aryl methyl sites for hydroxylation is 3. The van der Waals surface area contributed by atoms with Crippen LogP contribution in [-0.2, 0) is 23.1 Å². The highest BCUT2D eigenvalue weighted by Gasteiger charge is 2.22. The molecule has 0 spiro atoms. The predicted molar refractivity (Wildman–Crippen MR) is 113 cm³/mol. The molecule has 1 saturated heterocycles. The number of fused-ring (bicyclic) bond motifs is 1. The zero-order valence-electron chi connectivity index (χ0n) is 16.9. The minimum atomic E-state index is -0.266. The fraction of sp³-hybridized carbons (Fsp3) is 0.381. The number of carbonyl (C=O) groups excluding carboxylic acids is 1. The monoisotopic (exact) mass is 395 g/mol. The number of ether oxygens (including phenoxy) is 1. The first kappa shape index (κ1) is 19.2. The first-order valence-corrected chi connectivity index (χ1v) is 9.70. The van der Waals surface area contributed by atoms with Crippen LogP contribution < -0.4 is 15.8 Å². The number of hydrogen-bond acceptors (Lipinski definition) is 5. The van der Waals surface area contributed by atoms with Crippen LogP contribution >= 0.6 is 0 Å². The van der Waals surface area contributed by atoms with E-state index >= 15 is 0 Å². The highest BCUT2D eigenvalue weighted by atomic mass is 16.5. The third-order valence-electron chi connectivity index (χ3n) is 5.29. The number of carbonyl (C=O) groups is 1. The highest BCUT2D eigenvalue weighted by Crippen LogP contribution is 2.19. The van der Waals surface area contributed by atoms with Crippen LogP contribution in [0.15, 0.2) is 35.1 Å². The summed E-state index contributed by atoms with van der Waals surface area (Å²) in [6, 6.07) is 9.46. The molecule has 0 bridgehead atoms. The standard InChI is InChI=1S/C21H25N5O3/c1-14-4-6-16(7-5-14)22-18(27)13-26-20(28)19-17(12-15(2)24(19)3)23-21(26)25-8-10-29-11-9-25/h4-7,12H,8-11,13H2,1-3H3,(H,22,27). The van der Waals surface area contributed by atoms with Gasteiger partial charge >= 0.3 is 0 Å². The molecule has 0 unspecified atom stereocenters. The van der Waals surface area contributed by atoms with Gasteiger partial charge < -0.3 is 19.5 Å². The molecule has 2 aromatic heterocycles. The van der Waals surface area contributed by atoms with Gasteiger partial charge in [0.25, 0.3) is 5.56 Å². The van der Waals surface area contributed by atoms with Crippen LogP contribution in [0.1, 0.15) is 11.3 Å². The van der Waals surface area contributed by atoms with Gasteiger partial charge in [0.05, 0.1) is 18.7 Å². The van der Waals surface area contributed by atoms with E-state index in [4.69, 9.17) is 9.72 Å². The third-order valence-corrected chi connectivity index (χ3v) is 5.29. The Morgan fingerprint density at radius 2 is 1.86 bits per heavy atom. The number of morpholine rings is 1. The van der Waals surface area contributed by atoms with Gasteiger partial charge in [0.2, 0.25) is 11.9 Å². The molecule has 1 N–H and O–H groups in total. The molecule has 0 saturated carbocycles. The van der Waals surface area contributed by atoms with Crippen molar-refractivity contribution in [2.75, 3.05) is 36.5 Å². The summed E-state index contributed by atoms with van der Waals surface area (Å²) in [4.78, 5) is 32.8. The van der Waals surface area contributed by atoms with Gasteiger partial charge in [-0.25, -0.2) is 4.98 Å². The molecular weight excluding hydrogens is 370 g/mol. The Bertz CT molecular complexity index is 1110. The summed E-state index contributed by atoms with van der Waals surface area (Å²) in [5.74, 6) is 0.244. The summed E-state index contributed by atoms with van der Waals surface area (Å²) in [6.07, 6.45) is 0. The van der Waals surface area contributed by atoms with E-state index in [1.54, 1.807) is 0 Å². The van der Waals surface area contributed by atoms with E-state index in [9.17, 15) is 9.59 Å². The van der Waals surface area contributed by atoms with Crippen LogP contribution in [0.5, 0.6) is 0 Å². The van der Waals surface area contributed by atoms with Gasteiger partial charge in [-0.2, -0.15) is 0 Å². The van der Waals surface area contributed by atoms with Crippen LogP contribution in [0.2, 0.25) is 0 Å². The van der Waals surface area contributed by atoms with Crippen LogP contribution in [0.3, 0.4) is 0 Å². The van der Waals surface area contributed by atoms with E-state index in [0.717, 1.165) is 11.3 Å². The lowest BCUT2D eigenvalue weighted by atomic mass is 10.2. The van der Waals surface area contributed by atoms with E-state index in [2.05, 4.69) is 5.32 Å². The van der Waals surface area contributed by atoms with Crippen molar-refractivity contribution < 1.29 is 9.53 Å². The molecule has 1 amide bonds. The summed E-state index contributed by atoms with van der Waals surface area (Å²) in [6.45, 7) is 6.21. The van der Waals surface area contributed by atoms with Gasteiger partial charge in [0, 0.05) is 31.5 Å². The lowest BCUT2D eigenvalue weighted by Crippen LogP contribution is -2.42. The summed E-state index contributed by atoms with van der Waals surface area (Å²) >= 11 is 0. The fourth-order valence-electron chi connectivity index (χ4n) is 3.56. The summed E-state index contributed by atoms with van der Waals surface area (Å²) < 4.78 is 8.72. The molecule has 0 radical (unpaired) electrons. The first-order valence-electron chi connectivity index (χ1n) is 9.70. The molecule has 1 aromatic carbocycles. The van der Waals surface area contributed by atoms with Crippen LogP contribution in [-0.4, -0.2) is 46.3 Å². The second-order valence-electron chi connectivity index (χ2n) is 7.40. The minimum absolute atomic E-state index is 0.105. The molecule has 3 aromatic rings. The zero-order valence-corrected chi connectivity index (χ0v) is 16.9. The molecule has 152 valence electrons. The van der Waals surface area contributed by atoms with Crippen molar-refractivity contribution in [3.63, 3.8) is 0 Å². The van der Waals surface area contributed by atoms with Gasteiger partial charge in [0.1, 0.15) is 12.1 Å². The topological polar surface area (TPSA) is 81.4 Å². The molecule has 0 atom stereocenters. The maximum absolute atomic E-state index is 13.3. The number of benzene rings is 1. The van der Waals surface area contributed by atoms with Crippen LogP contribution in [0, 0.1) is 13.8 Å². The van der Waals surface area contributed by atoms with Gasteiger partial charge in [0.15, 0.2) is 0 Å². The second kappa shape index (κ2) is 7.71. The summed E-state index contributed by atoms with van der Waals surface area (Å²) in [7, 11) is 1.84. The Hall–Kier alpha value is -3.13. The molecule has 4 rings (SSSR count). The zero-order chi connectivity index (χ0) is 20.5. The Morgan fingerprint density at radius 3 is 2.55 bits per heavy atom. The maximum atomic E-state index is 13.3. The molecule has 0 aliphatic carbocycles. The lowest BCUT2D eigenvalue weighted by molar-refractivity contribution is -0.116. The number of nitrogens with one attached hydrogen (secondary N) is 1. The molecular formula is C21H25N5O3. The average Bonchev–Trinajstić information content (AvgIpc) is 3.00. The van der Waals surface area contributed by atoms with E-state index in [1.807, 2.05) is 60.7 Å². The van der Waals surface area contributed by atoms with Crippen molar-refractivity contribution in [3.05, 3.63) is 51.9 Å². The quantitative estimate of drug-likeness (QED) is 0.729. The molecule has 3 heterocycles. The van der Waals surface area contributed by atoms with Crippen molar-refractivity contribution in [1.82, 2.24) is 14.1 Å². The average molecular weight is 395 g/mol. The van der Waals surface area contributed by atoms with Crippen molar-refractivity contribution in [2.24, 2.45) is 7.05 Å². The second-order valence-corrected chi connectivity index (χ2v) is 7.40. The number of anilines is 2. The van der Waals surface area contributed by atoms with E-state index in [-0.39, 0.29) is 18.0 Å². The van der Waals surface area contributed by atoms with E-state index in [0.29, 0.717) is 49.0 Å². The van der Waals surface area contributed by atoms with Crippen molar-refractivity contribution in [3.8, 4) is 0 Å². The molecule has 29 heavy (non-hydrogen) atoms. The molecule has 1 aliphatic rings. The predicted octanol–water partition coefficient (Wildman–Crippen LogP) is 1.83. The summed E-state index contributed by atoms with van der Waals surface area (Å²) in [5.41, 5.74) is 3.69. The van der Waals surface area contributed by atoms with E-state index < -0.39 is 0 Å². The maximum Gasteiger partial charge on any atom is 0.279 e. The highest BCUT2D eigenvalue weighted by molar-refractivity contribution is 5.91. The minimum Gasteiger partial charge on any atom is -0.378 e. The molecule has 1 aliphatic heterocycles. The molecule has 8 heteroatoms. The van der Waals surface area contributed by atoms with Gasteiger partial charge in [-0.05, 0) is 32.0 Å². The number of aromatic nitrogens is 3.